The fourth-order valence-electron chi connectivity index (χ4n) is 2.32. The molecule has 0 saturated carbocycles. The molecular weight excluding hydrogens is 375 g/mol. The zero-order valence-corrected chi connectivity index (χ0v) is 16.0. The van der Waals surface area contributed by atoms with E-state index in [-0.39, 0.29) is 30.0 Å². The van der Waals surface area contributed by atoms with Crippen molar-refractivity contribution >= 4 is 34.0 Å². The van der Waals surface area contributed by atoms with Crippen LogP contribution in [0.1, 0.15) is 19.3 Å². The van der Waals surface area contributed by atoms with E-state index in [0.29, 0.717) is 23.9 Å². The number of sulfonamides is 1. The van der Waals surface area contributed by atoms with Crippen LogP contribution in [0.3, 0.4) is 0 Å². The van der Waals surface area contributed by atoms with Gasteiger partial charge in [0.15, 0.2) is 0 Å². The number of benzene rings is 1. The Morgan fingerprint density at radius 3 is 2.79 bits per heavy atom. The van der Waals surface area contributed by atoms with Crippen LogP contribution in [0.5, 0.6) is 5.75 Å². The van der Waals surface area contributed by atoms with Gasteiger partial charge in [0.2, 0.25) is 10.0 Å². The normalized spacial score (nSPS) is 18.0. The molecule has 0 aliphatic carbocycles. The van der Waals surface area contributed by atoms with Gasteiger partial charge in [0.1, 0.15) is 17.3 Å². The monoisotopic (exact) mass is 398 g/mol. The standard InChI is InChI=1S/C15H23ClN2O4S.ClH/c1-17-7-8-18-23(19,20)15-10-12(16)5-6-14(15)22-11-13-4-2-3-9-21-13;/h5-6,10,13,17-18H,2-4,7-9,11H2,1H3;1H. The van der Waals surface area contributed by atoms with Gasteiger partial charge in [0, 0.05) is 24.7 Å². The van der Waals surface area contributed by atoms with E-state index in [9.17, 15) is 8.42 Å². The Labute approximate surface area is 154 Å². The summed E-state index contributed by atoms with van der Waals surface area (Å²) in [6.07, 6.45) is 3.10. The molecule has 0 bridgehead atoms. The van der Waals surface area contributed by atoms with E-state index in [1.54, 1.807) is 19.2 Å². The quantitative estimate of drug-likeness (QED) is 0.656. The molecule has 1 heterocycles. The Morgan fingerprint density at radius 1 is 1.33 bits per heavy atom. The van der Waals surface area contributed by atoms with Gasteiger partial charge in [-0.15, -0.1) is 12.4 Å². The number of hydrogen-bond acceptors (Lipinski definition) is 5. The molecule has 6 nitrogen and oxygen atoms in total. The second-order valence-electron chi connectivity index (χ2n) is 5.39. The van der Waals surface area contributed by atoms with Gasteiger partial charge in [0.05, 0.1) is 6.10 Å². The van der Waals surface area contributed by atoms with Crippen molar-refractivity contribution in [2.45, 2.75) is 30.3 Å². The topological polar surface area (TPSA) is 76.7 Å². The number of likely N-dealkylation sites (N-methyl/N-ethyl adjacent to an activating group) is 1. The largest absolute Gasteiger partial charge is 0.489 e. The van der Waals surface area contributed by atoms with Gasteiger partial charge in [-0.3, -0.25) is 0 Å². The van der Waals surface area contributed by atoms with E-state index >= 15 is 0 Å². The average Bonchev–Trinajstić information content (AvgIpc) is 2.55. The molecule has 1 aliphatic heterocycles. The van der Waals surface area contributed by atoms with Crippen molar-refractivity contribution in [2.24, 2.45) is 0 Å². The van der Waals surface area contributed by atoms with E-state index in [4.69, 9.17) is 21.1 Å². The zero-order chi connectivity index (χ0) is 16.7. The Hall–Kier alpha value is -0.570. The molecule has 2 rings (SSSR count). The average molecular weight is 399 g/mol. The lowest BCUT2D eigenvalue weighted by atomic mass is 10.1. The van der Waals surface area contributed by atoms with Crippen LogP contribution in [-0.4, -0.2) is 47.9 Å². The number of ether oxygens (including phenoxy) is 2. The first-order valence-corrected chi connectivity index (χ1v) is 9.57. The summed E-state index contributed by atoms with van der Waals surface area (Å²) in [7, 11) is -1.92. The molecule has 0 spiro atoms. The van der Waals surface area contributed by atoms with Crippen LogP contribution < -0.4 is 14.8 Å². The Bertz CT molecular complexity index is 607. The third kappa shape index (κ3) is 6.38. The summed E-state index contributed by atoms with van der Waals surface area (Å²) in [4.78, 5) is 0.0527. The van der Waals surface area contributed by atoms with Crippen molar-refractivity contribution < 1.29 is 17.9 Å². The van der Waals surface area contributed by atoms with Crippen LogP contribution in [0, 0.1) is 0 Å². The molecule has 1 unspecified atom stereocenters. The van der Waals surface area contributed by atoms with Crippen molar-refractivity contribution in [1.82, 2.24) is 10.0 Å². The van der Waals surface area contributed by atoms with Gasteiger partial charge in [-0.05, 0) is 44.5 Å². The fourth-order valence-corrected chi connectivity index (χ4v) is 3.76. The van der Waals surface area contributed by atoms with Gasteiger partial charge < -0.3 is 14.8 Å². The van der Waals surface area contributed by atoms with Gasteiger partial charge in [-0.25, -0.2) is 13.1 Å². The van der Waals surface area contributed by atoms with E-state index in [0.717, 1.165) is 25.9 Å². The molecule has 24 heavy (non-hydrogen) atoms. The van der Waals surface area contributed by atoms with E-state index in [1.807, 2.05) is 0 Å². The lowest BCUT2D eigenvalue weighted by molar-refractivity contribution is -0.0116. The minimum Gasteiger partial charge on any atom is -0.489 e. The van der Waals surface area contributed by atoms with Gasteiger partial charge in [-0.2, -0.15) is 0 Å². The molecule has 9 heteroatoms. The van der Waals surface area contributed by atoms with E-state index < -0.39 is 10.0 Å². The number of rotatable bonds is 8. The van der Waals surface area contributed by atoms with Crippen LogP contribution in [0.25, 0.3) is 0 Å². The summed E-state index contributed by atoms with van der Waals surface area (Å²) in [6.45, 7) is 1.88. The SMILES string of the molecule is CNCCNS(=O)(=O)c1cc(Cl)ccc1OCC1CCCCO1.Cl. The molecular formula is C15H24Cl2N2O4S. The first-order chi connectivity index (χ1) is 11.0. The predicted octanol–water partition coefficient (Wildman–Crippen LogP) is 2.21. The molecule has 0 aromatic heterocycles. The predicted molar refractivity (Wildman–Crippen MR) is 96.9 cm³/mol. The summed E-state index contributed by atoms with van der Waals surface area (Å²) < 4.78 is 38.7. The molecule has 1 saturated heterocycles. The van der Waals surface area contributed by atoms with Gasteiger partial charge >= 0.3 is 0 Å². The highest BCUT2D eigenvalue weighted by molar-refractivity contribution is 7.89. The van der Waals surface area contributed by atoms with Crippen molar-refractivity contribution in [3.63, 3.8) is 0 Å². The molecule has 1 atom stereocenters. The molecule has 1 aromatic rings. The van der Waals surface area contributed by atoms with Crippen LogP contribution >= 0.6 is 24.0 Å². The Balaban J connectivity index is 0.00000288. The summed E-state index contributed by atoms with van der Waals surface area (Å²) in [5.74, 6) is 0.292. The van der Waals surface area contributed by atoms with E-state index in [2.05, 4.69) is 10.0 Å². The molecule has 138 valence electrons. The minimum absolute atomic E-state index is 0. The maximum Gasteiger partial charge on any atom is 0.244 e. The van der Waals surface area contributed by atoms with Crippen LogP contribution in [0.4, 0.5) is 0 Å². The lowest BCUT2D eigenvalue weighted by Crippen LogP contribution is -2.31. The highest BCUT2D eigenvalue weighted by atomic mass is 35.5. The molecule has 1 aromatic carbocycles. The number of hydrogen-bond donors (Lipinski definition) is 2. The number of halogens is 2. The maximum atomic E-state index is 12.4. The Morgan fingerprint density at radius 2 is 2.12 bits per heavy atom. The van der Waals surface area contributed by atoms with Crippen molar-refractivity contribution in [2.75, 3.05) is 33.4 Å². The first kappa shape index (κ1) is 21.5. The summed E-state index contributed by atoms with van der Waals surface area (Å²) in [5.41, 5.74) is 0. The Kier molecular flexibility index (Phi) is 9.33. The number of nitrogens with one attached hydrogen (secondary N) is 2. The van der Waals surface area contributed by atoms with Crippen molar-refractivity contribution in [3.05, 3.63) is 23.2 Å². The lowest BCUT2D eigenvalue weighted by Gasteiger charge is -2.23. The van der Waals surface area contributed by atoms with Crippen molar-refractivity contribution in [1.29, 1.82) is 0 Å². The van der Waals surface area contributed by atoms with E-state index in [1.165, 1.54) is 6.07 Å². The summed E-state index contributed by atoms with van der Waals surface area (Å²) >= 11 is 5.95. The third-order valence-electron chi connectivity index (χ3n) is 3.56. The van der Waals surface area contributed by atoms with Crippen LogP contribution in [-0.2, 0) is 14.8 Å². The van der Waals surface area contributed by atoms with Gasteiger partial charge in [-0.1, -0.05) is 11.6 Å². The maximum absolute atomic E-state index is 12.4. The second kappa shape index (κ2) is 10.4. The highest BCUT2D eigenvalue weighted by Gasteiger charge is 2.21. The molecule has 0 radical (unpaired) electrons. The second-order valence-corrected chi connectivity index (χ2v) is 7.56. The fraction of sp³-hybridized carbons (Fsp3) is 0.600. The smallest absolute Gasteiger partial charge is 0.244 e. The summed E-state index contributed by atoms with van der Waals surface area (Å²) in [6, 6.07) is 4.60. The highest BCUT2D eigenvalue weighted by Crippen LogP contribution is 2.28. The molecule has 1 fully saturated rings. The molecule has 0 amide bonds. The summed E-state index contributed by atoms with van der Waals surface area (Å²) in [5, 5.41) is 3.23. The first-order valence-electron chi connectivity index (χ1n) is 7.71. The molecule has 2 N–H and O–H groups in total. The third-order valence-corrected chi connectivity index (χ3v) is 5.28. The molecule has 1 aliphatic rings. The van der Waals surface area contributed by atoms with Crippen molar-refractivity contribution in [3.8, 4) is 5.75 Å². The van der Waals surface area contributed by atoms with Crippen LogP contribution in [0.2, 0.25) is 5.02 Å². The van der Waals surface area contributed by atoms with Crippen LogP contribution in [0.15, 0.2) is 23.1 Å². The zero-order valence-electron chi connectivity index (χ0n) is 13.6. The van der Waals surface area contributed by atoms with Gasteiger partial charge in [0.25, 0.3) is 0 Å². The minimum atomic E-state index is -3.68.